The first-order valence-electron chi connectivity index (χ1n) is 6.47. The van der Waals surface area contributed by atoms with Crippen LogP contribution in [0.1, 0.15) is 28.5 Å². The summed E-state index contributed by atoms with van der Waals surface area (Å²) >= 11 is 1.39. The maximum Gasteiger partial charge on any atom is 0.261 e. The first-order valence-corrected chi connectivity index (χ1v) is 7.35. The molecule has 0 aliphatic rings. The van der Waals surface area contributed by atoms with Crippen LogP contribution < -0.4 is 5.32 Å². The van der Waals surface area contributed by atoms with Crippen LogP contribution in [-0.2, 0) is 0 Å². The molecule has 0 aliphatic carbocycles. The second-order valence-electron chi connectivity index (χ2n) is 4.49. The predicted molar refractivity (Wildman–Crippen MR) is 79.9 cm³/mol. The number of benzene rings is 1. The number of hydrogen-bond acceptors (Lipinski definition) is 5. The average Bonchev–Trinajstić information content (AvgIpc) is 3.20. The van der Waals surface area contributed by atoms with Gasteiger partial charge in [-0.2, -0.15) is 4.98 Å². The minimum atomic E-state index is -0.343. The Morgan fingerprint density at radius 1 is 1.24 bits per heavy atom. The highest BCUT2D eigenvalue weighted by molar-refractivity contribution is 7.12. The summed E-state index contributed by atoms with van der Waals surface area (Å²) in [6.07, 6.45) is 0. The highest BCUT2D eigenvalue weighted by atomic mass is 32.1. The van der Waals surface area contributed by atoms with Crippen LogP contribution in [0.15, 0.2) is 52.4 Å². The van der Waals surface area contributed by atoms with Gasteiger partial charge in [0.25, 0.3) is 5.91 Å². The van der Waals surface area contributed by atoms with Crippen molar-refractivity contribution in [2.24, 2.45) is 0 Å². The summed E-state index contributed by atoms with van der Waals surface area (Å²) < 4.78 is 5.23. The molecule has 3 rings (SSSR count). The Bertz CT molecular complexity index is 722. The van der Waals surface area contributed by atoms with E-state index in [1.54, 1.807) is 6.07 Å². The molecule has 2 aromatic heterocycles. The predicted octanol–water partition coefficient (Wildman–Crippen LogP) is 3.29. The maximum absolute atomic E-state index is 12.0. The van der Waals surface area contributed by atoms with E-state index in [0.717, 1.165) is 5.56 Å². The van der Waals surface area contributed by atoms with Crippen LogP contribution in [0, 0.1) is 0 Å². The maximum atomic E-state index is 12.0. The van der Waals surface area contributed by atoms with Crippen LogP contribution in [0.2, 0.25) is 0 Å². The van der Waals surface area contributed by atoms with Crippen LogP contribution in [0.25, 0.3) is 11.4 Å². The Kier molecular flexibility index (Phi) is 3.79. The number of hydrogen-bond donors (Lipinski definition) is 1. The van der Waals surface area contributed by atoms with Gasteiger partial charge < -0.3 is 9.84 Å². The van der Waals surface area contributed by atoms with Gasteiger partial charge in [0.2, 0.25) is 11.7 Å². The van der Waals surface area contributed by atoms with E-state index in [-0.39, 0.29) is 11.9 Å². The van der Waals surface area contributed by atoms with E-state index >= 15 is 0 Å². The molecular weight excluding hydrogens is 286 g/mol. The molecule has 106 valence electrons. The van der Waals surface area contributed by atoms with Crippen molar-refractivity contribution in [1.82, 2.24) is 15.5 Å². The van der Waals surface area contributed by atoms with Crippen molar-refractivity contribution in [3.63, 3.8) is 0 Å². The number of nitrogens with one attached hydrogen (secondary N) is 1. The highest BCUT2D eigenvalue weighted by Gasteiger charge is 2.18. The van der Waals surface area contributed by atoms with Crippen molar-refractivity contribution in [3.8, 4) is 11.4 Å². The van der Waals surface area contributed by atoms with Crippen molar-refractivity contribution >= 4 is 17.2 Å². The summed E-state index contributed by atoms with van der Waals surface area (Å²) in [6, 6.07) is 12.8. The van der Waals surface area contributed by atoms with Gasteiger partial charge in [-0.25, -0.2) is 0 Å². The Labute approximate surface area is 125 Å². The third kappa shape index (κ3) is 3.00. The SMILES string of the molecule is C[C@H](NC(=O)c1cccs1)c1nc(-c2ccccc2)no1. The van der Waals surface area contributed by atoms with Crippen molar-refractivity contribution in [2.75, 3.05) is 0 Å². The van der Waals surface area contributed by atoms with Gasteiger partial charge in [-0.1, -0.05) is 41.6 Å². The number of rotatable bonds is 4. The molecule has 1 amide bonds. The number of carbonyl (C=O) groups excluding carboxylic acids is 1. The lowest BCUT2D eigenvalue weighted by atomic mass is 10.2. The van der Waals surface area contributed by atoms with Gasteiger partial charge >= 0.3 is 0 Å². The van der Waals surface area contributed by atoms with Gasteiger partial charge in [-0.05, 0) is 18.4 Å². The molecule has 0 saturated carbocycles. The average molecular weight is 299 g/mol. The molecule has 0 fully saturated rings. The molecule has 6 heteroatoms. The minimum absolute atomic E-state index is 0.142. The van der Waals surface area contributed by atoms with E-state index in [1.165, 1.54) is 11.3 Å². The molecule has 2 heterocycles. The molecule has 0 unspecified atom stereocenters. The van der Waals surface area contributed by atoms with Gasteiger partial charge in [-0.15, -0.1) is 11.3 Å². The van der Waals surface area contributed by atoms with Crippen LogP contribution >= 0.6 is 11.3 Å². The molecule has 0 radical (unpaired) electrons. The molecule has 21 heavy (non-hydrogen) atoms. The van der Waals surface area contributed by atoms with E-state index < -0.39 is 0 Å². The number of aromatic nitrogens is 2. The number of thiophene rings is 1. The third-order valence-electron chi connectivity index (χ3n) is 2.94. The monoisotopic (exact) mass is 299 g/mol. The number of amides is 1. The summed E-state index contributed by atoms with van der Waals surface area (Å²) in [6.45, 7) is 1.81. The van der Waals surface area contributed by atoms with Crippen molar-refractivity contribution in [1.29, 1.82) is 0 Å². The van der Waals surface area contributed by atoms with Gasteiger partial charge in [0.15, 0.2) is 0 Å². The largest absolute Gasteiger partial charge is 0.340 e. The zero-order valence-electron chi connectivity index (χ0n) is 11.3. The smallest absolute Gasteiger partial charge is 0.261 e. The van der Waals surface area contributed by atoms with Crippen LogP contribution in [0.5, 0.6) is 0 Å². The third-order valence-corrected chi connectivity index (χ3v) is 3.81. The molecule has 5 nitrogen and oxygen atoms in total. The lowest BCUT2D eigenvalue weighted by molar-refractivity contribution is 0.0936. The Balaban J connectivity index is 1.73. The zero-order valence-corrected chi connectivity index (χ0v) is 12.1. The fourth-order valence-corrected chi connectivity index (χ4v) is 2.48. The summed E-state index contributed by atoms with van der Waals surface area (Å²) in [4.78, 5) is 17.0. The zero-order chi connectivity index (χ0) is 14.7. The second kappa shape index (κ2) is 5.88. The summed E-state index contributed by atoms with van der Waals surface area (Å²) in [5, 5.41) is 8.64. The molecule has 0 spiro atoms. The van der Waals surface area contributed by atoms with Crippen LogP contribution in [0.3, 0.4) is 0 Å². The Hall–Kier alpha value is -2.47. The molecular formula is C15H13N3O2S. The van der Waals surface area contributed by atoms with Crippen molar-refractivity contribution in [2.45, 2.75) is 13.0 Å². The van der Waals surface area contributed by atoms with E-state index in [2.05, 4.69) is 15.5 Å². The molecule has 0 saturated heterocycles. The quantitative estimate of drug-likeness (QED) is 0.802. The van der Waals surface area contributed by atoms with Crippen molar-refractivity contribution < 1.29 is 9.32 Å². The molecule has 0 bridgehead atoms. The molecule has 3 aromatic rings. The van der Waals surface area contributed by atoms with Crippen LogP contribution in [-0.4, -0.2) is 16.0 Å². The Morgan fingerprint density at radius 2 is 2.05 bits per heavy atom. The fraction of sp³-hybridized carbons (Fsp3) is 0.133. The summed E-state index contributed by atoms with van der Waals surface area (Å²) in [5.74, 6) is 0.763. The molecule has 1 atom stereocenters. The summed E-state index contributed by atoms with van der Waals surface area (Å²) in [5.41, 5.74) is 0.879. The second-order valence-corrected chi connectivity index (χ2v) is 5.44. The van der Waals surface area contributed by atoms with Crippen LogP contribution in [0.4, 0.5) is 0 Å². The Morgan fingerprint density at radius 3 is 2.76 bits per heavy atom. The molecule has 0 aliphatic heterocycles. The number of nitrogens with zero attached hydrogens (tertiary/aromatic N) is 2. The first-order chi connectivity index (χ1) is 10.2. The van der Waals surface area contributed by atoms with Crippen molar-refractivity contribution in [3.05, 3.63) is 58.6 Å². The van der Waals surface area contributed by atoms with E-state index in [0.29, 0.717) is 16.6 Å². The number of carbonyl (C=O) groups is 1. The molecule has 1 N–H and O–H groups in total. The van der Waals surface area contributed by atoms with E-state index in [1.807, 2.05) is 48.7 Å². The lowest BCUT2D eigenvalue weighted by Gasteiger charge is -2.07. The van der Waals surface area contributed by atoms with Gasteiger partial charge in [0.05, 0.1) is 4.88 Å². The van der Waals surface area contributed by atoms with Gasteiger partial charge in [0.1, 0.15) is 6.04 Å². The van der Waals surface area contributed by atoms with E-state index in [9.17, 15) is 4.79 Å². The lowest BCUT2D eigenvalue weighted by Crippen LogP contribution is -2.26. The first kappa shape index (κ1) is 13.5. The van der Waals surface area contributed by atoms with Gasteiger partial charge in [-0.3, -0.25) is 4.79 Å². The topological polar surface area (TPSA) is 68.0 Å². The standard InChI is InChI=1S/C15H13N3O2S/c1-10(16-14(19)12-8-5-9-21-12)15-17-13(18-20-15)11-6-3-2-4-7-11/h2-10H,1H3,(H,16,19)/t10-/m0/s1. The minimum Gasteiger partial charge on any atom is -0.340 e. The highest BCUT2D eigenvalue weighted by Crippen LogP contribution is 2.19. The fourth-order valence-electron chi connectivity index (χ4n) is 1.85. The van der Waals surface area contributed by atoms with Gasteiger partial charge in [0, 0.05) is 5.56 Å². The molecule has 1 aromatic carbocycles. The normalized spacial score (nSPS) is 12.0. The van der Waals surface area contributed by atoms with E-state index in [4.69, 9.17) is 4.52 Å². The summed E-state index contributed by atoms with van der Waals surface area (Å²) in [7, 11) is 0.